The molecule has 1 atom stereocenters. The van der Waals surface area contributed by atoms with Crippen LogP contribution in [0.1, 0.15) is 50.3 Å². The molecule has 1 aromatic rings. The summed E-state index contributed by atoms with van der Waals surface area (Å²) in [5, 5.41) is 3.85. The van der Waals surface area contributed by atoms with Crippen LogP contribution < -0.4 is 5.32 Å². The summed E-state index contributed by atoms with van der Waals surface area (Å²) >= 11 is 0. The van der Waals surface area contributed by atoms with Gasteiger partial charge in [0.05, 0.1) is 0 Å². The molecule has 0 radical (unpaired) electrons. The van der Waals surface area contributed by atoms with Crippen molar-refractivity contribution in [2.24, 2.45) is 5.41 Å². The van der Waals surface area contributed by atoms with Gasteiger partial charge in [-0.1, -0.05) is 38.1 Å². The van der Waals surface area contributed by atoms with Gasteiger partial charge >= 0.3 is 0 Å². The van der Waals surface area contributed by atoms with E-state index in [-0.39, 0.29) is 0 Å². The first kappa shape index (κ1) is 14.1. The molecule has 1 heterocycles. The molecule has 1 aliphatic heterocycles. The van der Waals surface area contributed by atoms with E-state index >= 15 is 0 Å². The zero-order valence-electron chi connectivity index (χ0n) is 13.0. The van der Waals surface area contributed by atoms with Gasteiger partial charge in [-0.3, -0.25) is 0 Å². The summed E-state index contributed by atoms with van der Waals surface area (Å²) in [5.41, 5.74) is 3.44. The molecule has 1 aromatic carbocycles. The highest BCUT2D eigenvalue weighted by Crippen LogP contribution is 2.43. The third kappa shape index (κ3) is 2.91. The minimum atomic E-state index is 0.360. The molecule has 20 heavy (non-hydrogen) atoms. The molecule has 110 valence electrons. The molecule has 0 spiro atoms. The predicted octanol–water partition coefficient (Wildman–Crippen LogP) is 3.39. The molecule has 1 unspecified atom stereocenters. The van der Waals surface area contributed by atoms with Crippen LogP contribution in [-0.2, 0) is 6.42 Å². The van der Waals surface area contributed by atoms with Gasteiger partial charge in [0.2, 0.25) is 0 Å². The molecule has 1 saturated heterocycles. The topological polar surface area (TPSA) is 15.3 Å². The van der Waals surface area contributed by atoms with E-state index in [1.54, 1.807) is 5.56 Å². The second kappa shape index (κ2) is 5.87. The quantitative estimate of drug-likeness (QED) is 0.904. The van der Waals surface area contributed by atoms with Crippen molar-refractivity contribution in [2.45, 2.75) is 45.6 Å². The number of fused-ring (bicyclic) bond motifs is 1. The van der Waals surface area contributed by atoms with Crippen molar-refractivity contribution in [1.82, 2.24) is 10.2 Å². The Labute approximate surface area is 123 Å². The minimum absolute atomic E-state index is 0.360. The highest BCUT2D eigenvalue weighted by Gasteiger charge is 2.35. The van der Waals surface area contributed by atoms with Gasteiger partial charge in [-0.05, 0) is 55.3 Å². The maximum atomic E-state index is 3.85. The predicted molar refractivity (Wildman–Crippen MR) is 85.0 cm³/mol. The molecule has 1 fully saturated rings. The Balaban J connectivity index is 1.66. The number of hydrogen-bond acceptors (Lipinski definition) is 2. The third-order valence-corrected chi connectivity index (χ3v) is 5.16. The summed E-state index contributed by atoms with van der Waals surface area (Å²) in [7, 11) is 0. The number of likely N-dealkylation sites (tertiary alicyclic amines) is 1. The van der Waals surface area contributed by atoms with E-state index < -0.39 is 0 Å². The van der Waals surface area contributed by atoms with Gasteiger partial charge in [0, 0.05) is 19.1 Å². The van der Waals surface area contributed by atoms with Crippen molar-refractivity contribution in [1.29, 1.82) is 0 Å². The number of hydrogen-bond donors (Lipinski definition) is 1. The highest BCUT2D eigenvalue weighted by molar-refractivity contribution is 5.34. The maximum Gasteiger partial charge on any atom is 0.0375 e. The zero-order valence-corrected chi connectivity index (χ0v) is 13.0. The molecule has 0 amide bonds. The Hall–Kier alpha value is -0.860. The second-order valence-electron chi connectivity index (χ2n) is 7.12. The molecule has 0 aromatic heterocycles. The van der Waals surface area contributed by atoms with E-state index in [9.17, 15) is 0 Å². The lowest BCUT2D eigenvalue weighted by Crippen LogP contribution is -2.41. The average molecular weight is 272 g/mol. The number of aryl methyl sites for hydroxylation is 1. The Morgan fingerprint density at radius 3 is 2.75 bits per heavy atom. The number of rotatable bonds is 4. The fourth-order valence-electron chi connectivity index (χ4n) is 3.83. The van der Waals surface area contributed by atoms with Crippen LogP contribution in [-0.4, -0.2) is 31.1 Å². The Morgan fingerprint density at radius 2 is 1.95 bits per heavy atom. The highest BCUT2D eigenvalue weighted by atomic mass is 15.2. The van der Waals surface area contributed by atoms with E-state index in [0.717, 1.165) is 6.54 Å². The van der Waals surface area contributed by atoms with Crippen LogP contribution >= 0.6 is 0 Å². The third-order valence-electron chi connectivity index (χ3n) is 5.16. The lowest BCUT2D eigenvalue weighted by molar-refractivity contribution is 0.201. The SMILES string of the molecule is CC1(C)CCc2ccccc2C1NCCN1CCCC1. The first-order valence-electron chi connectivity index (χ1n) is 8.20. The van der Waals surface area contributed by atoms with Gasteiger partial charge in [0.1, 0.15) is 0 Å². The first-order valence-corrected chi connectivity index (χ1v) is 8.20. The molecule has 0 bridgehead atoms. The van der Waals surface area contributed by atoms with E-state index in [4.69, 9.17) is 0 Å². The maximum absolute atomic E-state index is 3.85. The van der Waals surface area contributed by atoms with E-state index in [2.05, 4.69) is 48.3 Å². The molecular formula is C18H28N2. The van der Waals surface area contributed by atoms with Crippen molar-refractivity contribution in [3.8, 4) is 0 Å². The molecule has 0 saturated carbocycles. The van der Waals surface area contributed by atoms with Crippen molar-refractivity contribution < 1.29 is 0 Å². The van der Waals surface area contributed by atoms with Gasteiger partial charge in [-0.15, -0.1) is 0 Å². The van der Waals surface area contributed by atoms with Crippen molar-refractivity contribution in [3.63, 3.8) is 0 Å². The van der Waals surface area contributed by atoms with Crippen LogP contribution in [0.3, 0.4) is 0 Å². The van der Waals surface area contributed by atoms with E-state index in [1.165, 1.54) is 50.9 Å². The van der Waals surface area contributed by atoms with Gasteiger partial charge in [-0.2, -0.15) is 0 Å². The average Bonchev–Trinajstić information content (AvgIpc) is 2.94. The molecule has 2 aliphatic rings. The zero-order chi connectivity index (χ0) is 14.0. The van der Waals surface area contributed by atoms with Crippen LogP contribution in [0, 0.1) is 5.41 Å². The van der Waals surface area contributed by atoms with Crippen LogP contribution in [0.25, 0.3) is 0 Å². The second-order valence-corrected chi connectivity index (χ2v) is 7.12. The van der Waals surface area contributed by atoms with Gasteiger partial charge in [0.15, 0.2) is 0 Å². The molecule has 3 rings (SSSR count). The van der Waals surface area contributed by atoms with Gasteiger partial charge < -0.3 is 10.2 Å². The smallest absolute Gasteiger partial charge is 0.0375 e. The summed E-state index contributed by atoms with van der Waals surface area (Å²) in [6, 6.07) is 9.51. The van der Waals surface area contributed by atoms with Gasteiger partial charge in [0.25, 0.3) is 0 Å². The summed E-state index contributed by atoms with van der Waals surface area (Å²) in [5.74, 6) is 0. The fourth-order valence-corrected chi connectivity index (χ4v) is 3.83. The van der Waals surface area contributed by atoms with Crippen LogP contribution in [0.4, 0.5) is 0 Å². The standard InChI is InChI=1S/C18H28N2/c1-18(2)10-9-15-7-3-4-8-16(15)17(18)19-11-14-20-12-5-6-13-20/h3-4,7-8,17,19H,5-6,9-14H2,1-2H3. The summed E-state index contributed by atoms with van der Waals surface area (Å²) < 4.78 is 0. The molecular weight excluding hydrogens is 244 g/mol. The largest absolute Gasteiger partial charge is 0.308 e. The fraction of sp³-hybridized carbons (Fsp3) is 0.667. The summed E-state index contributed by atoms with van der Waals surface area (Å²) in [6.07, 6.45) is 5.29. The Kier molecular flexibility index (Phi) is 4.13. The molecule has 2 nitrogen and oxygen atoms in total. The molecule has 1 aliphatic carbocycles. The summed E-state index contributed by atoms with van der Waals surface area (Å²) in [6.45, 7) is 9.74. The van der Waals surface area contributed by atoms with Crippen LogP contribution in [0.15, 0.2) is 24.3 Å². The summed E-state index contributed by atoms with van der Waals surface area (Å²) in [4.78, 5) is 2.59. The lowest BCUT2D eigenvalue weighted by atomic mass is 9.70. The first-order chi connectivity index (χ1) is 9.67. The van der Waals surface area contributed by atoms with Crippen molar-refractivity contribution in [2.75, 3.05) is 26.2 Å². The number of benzene rings is 1. The van der Waals surface area contributed by atoms with E-state index in [0.29, 0.717) is 11.5 Å². The van der Waals surface area contributed by atoms with Crippen LogP contribution in [0.5, 0.6) is 0 Å². The Bertz CT molecular complexity index is 446. The lowest BCUT2D eigenvalue weighted by Gasteiger charge is -2.41. The monoisotopic (exact) mass is 272 g/mol. The Morgan fingerprint density at radius 1 is 1.20 bits per heavy atom. The number of nitrogens with one attached hydrogen (secondary N) is 1. The number of nitrogens with zero attached hydrogens (tertiary/aromatic N) is 1. The van der Waals surface area contributed by atoms with Gasteiger partial charge in [-0.25, -0.2) is 0 Å². The van der Waals surface area contributed by atoms with Crippen molar-refractivity contribution in [3.05, 3.63) is 35.4 Å². The molecule has 2 heteroatoms. The van der Waals surface area contributed by atoms with E-state index in [1.807, 2.05) is 0 Å². The molecule has 1 N–H and O–H groups in total. The van der Waals surface area contributed by atoms with Crippen molar-refractivity contribution >= 4 is 0 Å². The normalized spacial score (nSPS) is 25.6. The minimum Gasteiger partial charge on any atom is -0.308 e. The van der Waals surface area contributed by atoms with Crippen LogP contribution in [0.2, 0.25) is 0 Å².